The predicted octanol–water partition coefficient (Wildman–Crippen LogP) is 2.49. The highest BCUT2D eigenvalue weighted by molar-refractivity contribution is 5.46. The van der Waals surface area contributed by atoms with E-state index in [1.54, 1.807) is 0 Å². The Labute approximate surface area is 135 Å². The van der Waals surface area contributed by atoms with Crippen molar-refractivity contribution in [3.05, 3.63) is 35.4 Å². The van der Waals surface area contributed by atoms with E-state index in [1.165, 1.54) is 0 Å². The number of hydrogen-bond donors (Lipinski definition) is 0. The van der Waals surface area contributed by atoms with Crippen molar-refractivity contribution < 1.29 is 14.2 Å². The molecule has 2 aliphatic rings. The molecule has 6 heteroatoms. The van der Waals surface area contributed by atoms with Crippen LogP contribution in [0.25, 0.3) is 0 Å². The van der Waals surface area contributed by atoms with Crippen molar-refractivity contribution >= 4 is 0 Å². The van der Waals surface area contributed by atoms with Crippen LogP contribution in [0.5, 0.6) is 11.5 Å². The average molecular weight is 315 g/mol. The SMILES string of the molecule is CC1(C)CCc2c(OCc3nnc4n3CCOC4)cccc2O1. The number of benzene rings is 1. The Hall–Kier alpha value is -2.08. The second kappa shape index (κ2) is 5.53. The zero-order valence-corrected chi connectivity index (χ0v) is 13.5. The van der Waals surface area contributed by atoms with Crippen LogP contribution >= 0.6 is 0 Å². The van der Waals surface area contributed by atoms with E-state index in [4.69, 9.17) is 14.2 Å². The molecule has 0 spiro atoms. The molecule has 122 valence electrons. The van der Waals surface area contributed by atoms with E-state index in [1.807, 2.05) is 18.2 Å². The standard InChI is InChI=1S/C17H21N3O3/c1-17(2)7-6-12-13(4-3-5-14(12)23-17)22-11-16-19-18-15-10-21-9-8-20(15)16/h3-5H,6-11H2,1-2H3. The van der Waals surface area contributed by atoms with E-state index in [2.05, 4.69) is 28.6 Å². The number of hydrogen-bond acceptors (Lipinski definition) is 5. The summed E-state index contributed by atoms with van der Waals surface area (Å²) in [5.74, 6) is 3.52. The van der Waals surface area contributed by atoms with Gasteiger partial charge in [0.1, 0.15) is 30.3 Å². The third-order valence-electron chi connectivity index (χ3n) is 4.40. The molecule has 3 heterocycles. The van der Waals surface area contributed by atoms with Crippen molar-refractivity contribution in [3.63, 3.8) is 0 Å². The lowest BCUT2D eigenvalue weighted by Gasteiger charge is -2.33. The normalized spacial score (nSPS) is 18.7. The maximum absolute atomic E-state index is 6.06. The molecule has 2 aliphatic heterocycles. The topological polar surface area (TPSA) is 58.4 Å². The third-order valence-corrected chi connectivity index (χ3v) is 4.40. The van der Waals surface area contributed by atoms with Crippen LogP contribution in [0, 0.1) is 0 Å². The fourth-order valence-electron chi connectivity index (χ4n) is 3.10. The molecule has 1 aromatic carbocycles. The first kappa shape index (κ1) is 14.5. The van der Waals surface area contributed by atoms with Crippen molar-refractivity contribution in [3.8, 4) is 11.5 Å². The maximum atomic E-state index is 6.06. The van der Waals surface area contributed by atoms with Gasteiger partial charge in [-0.15, -0.1) is 10.2 Å². The van der Waals surface area contributed by atoms with Crippen LogP contribution in [-0.4, -0.2) is 27.0 Å². The molecule has 0 unspecified atom stereocenters. The highest BCUT2D eigenvalue weighted by Crippen LogP contribution is 2.38. The van der Waals surface area contributed by atoms with Gasteiger partial charge in [-0.05, 0) is 38.8 Å². The van der Waals surface area contributed by atoms with Crippen molar-refractivity contribution in [2.24, 2.45) is 0 Å². The molecule has 0 saturated carbocycles. The number of rotatable bonds is 3. The van der Waals surface area contributed by atoms with Crippen LogP contribution < -0.4 is 9.47 Å². The second-order valence-corrected chi connectivity index (χ2v) is 6.62. The molecular formula is C17H21N3O3. The summed E-state index contributed by atoms with van der Waals surface area (Å²) >= 11 is 0. The molecule has 2 aromatic rings. The quantitative estimate of drug-likeness (QED) is 0.871. The Morgan fingerprint density at radius 2 is 2.22 bits per heavy atom. The molecule has 23 heavy (non-hydrogen) atoms. The van der Waals surface area contributed by atoms with Gasteiger partial charge in [0.15, 0.2) is 11.6 Å². The van der Waals surface area contributed by atoms with Gasteiger partial charge >= 0.3 is 0 Å². The molecular weight excluding hydrogens is 294 g/mol. The van der Waals surface area contributed by atoms with Gasteiger partial charge in [-0.1, -0.05) is 6.07 Å². The summed E-state index contributed by atoms with van der Waals surface area (Å²) in [5, 5.41) is 8.38. The number of nitrogens with zero attached hydrogens (tertiary/aromatic N) is 3. The van der Waals surface area contributed by atoms with Gasteiger partial charge in [-0.2, -0.15) is 0 Å². The fourth-order valence-corrected chi connectivity index (χ4v) is 3.10. The summed E-state index contributed by atoms with van der Waals surface area (Å²) in [4.78, 5) is 0. The summed E-state index contributed by atoms with van der Waals surface area (Å²) in [6, 6.07) is 5.99. The smallest absolute Gasteiger partial charge is 0.171 e. The van der Waals surface area contributed by atoms with E-state index < -0.39 is 0 Å². The first-order valence-electron chi connectivity index (χ1n) is 8.05. The minimum atomic E-state index is -0.113. The van der Waals surface area contributed by atoms with Crippen molar-refractivity contribution in [1.29, 1.82) is 0 Å². The molecule has 0 fully saturated rings. The summed E-state index contributed by atoms with van der Waals surface area (Å²) in [6.07, 6.45) is 1.95. The number of ether oxygens (including phenoxy) is 3. The average Bonchev–Trinajstić information content (AvgIpc) is 2.95. The highest BCUT2D eigenvalue weighted by Gasteiger charge is 2.28. The van der Waals surface area contributed by atoms with E-state index in [9.17, 15) is 0 Å². The first-order chi connectivity index (χ1) is 11.1. The fraction of sp³-hybridized carbons (Fsp3) is 0.529. The lowest BCUT2D eigenvalue weighted by molar-refractivity contribution is 0.0788. The largest absolute Gasteiger partial charge is 0.487 e. The van der Waals surface area contributed by atoms with E-state index in [0.717, 1.165) is 48.1 Å². The summed E-state index contributed by atoms with van der Waals surface area (Å²) in [6.45, 7) is 6.65. The Bertz CT molecular complexity index is 724. The van der Waals surface area contributed by atoms with Crippen molar-refractivity contribution in [2.75, 3.05) is 6.61 Å². The summed E-state index contributed by atoms with van der Waals surface area (Å²) in [7, 11) is 0. The third kappa shape index (κ3) is 2.79. The minimum absolute atomic E-state index is 0.113. The zero-order chi connectivity index (χ0) is 15.9. The Morgan fingerprint density at radius 1 is 1.30 bits per heavy atom. The van der Waals surface area contributed by atoms with Gasteiger partial charge in [0.2, 0.25) is 0 Å². The van der Waals surface area contributed by atoms with Gasteiger partial charge < -0.3 is 18.8 Å². The van der Waals surface area contributed by atoms with Gasteiger partial charge in [0.05, 0.1) is 6.61 Å². The minimum Gasteiger partial charge on any atom is -0.487 e. The van der Waals surface area contributed by atoms with E-state index >= 15 is 0 Å². The molecule has 6 nitrogen and oxygen atoms in total. The number of aromatic nitrogens is 3. The molecule has 0 atom stereocenters. The molecule has 1 aromatic heterocycles. The monoisotopic (exact) mass is 315 g/mol. The zero-order valence-electron chi connectivity index (χ0n) is 13.5. The molecule has 0 N–H and O–H groups in total. The molecule has 0 aliphatic carbocycles. The van der Waals surface area contributed by atoms with Crippen LogP contribution in [0.1, 0.15) is 37.5 Å². The summed E-state index contributed by atoms with van der Waals surface area (Å²) < 4.78 is 19.6. The van der Waals surface area contributed by atoms with Gasteiger partial charge in [-0.3, -0.25) is 0 Å². The van der Waals surface area contributed by atoms with Gasteiger partial charge in [-0.25, -0.2) is 0 Å². The molecule has 0 bridgehead atoms. The Kier molecular flexibility index (Phi) is 3.49. The van der Waals surface area contributed by atoms with Crippen molar-refractivity contribution in [2.45, 2.75) is 52.0 Å². The lowest BCUT2D eigenvalue weighted by Crippen LogP contribution is -2.32. The molecule has 0 amide bonds. The highest BCUT2D eigenvalue weighted by atomic mass is 16.5. The Morgan fingerprint density at radius 3 is 3.13 bits per heavy atom. The van der Waals surface area contributed by atoms with Crippen molar-refractivity contribution in [1.82, 2.24) is 14.8 Å². The number of fused-ring (bicyclic) bond motifs is 2. The van der Waals surface area contributed by atoms with Crippen LogP contribution in [0.4, 0.5) is 0 Å². The second-order valence-electron chi connectivity index (χ2n) is 6.62. The van der Waals surface area contributed by atoms with Crippen LogP contribution in [-0.2, 0) is 30.9 Å². The molecule has 0 saturated heterocycles. The molecule has 4 rings (SSSR count). The lowest BCUT2D eigenvalue weighted by atomic mass is 9.94. The van der Waals surface area contributed by atoms with Crippen LogP contribution in [0.3, 0.4) is 0 Å². The predicted molar refractivity (Wildman–Crippen MR) is 83.5 cm³/mol. The first-order valence-corrected chi connectivity index (χ1v) is 8.05. The van der Waals surface area contributed by atoms with E-state index in [-0.39, 0.29) is 5.60 Å². The van der Waals surface area contributed by atoms with Gasteiger partial charge in [0, 0.05) is 12.1 Å². The molecule has 0 radical (unpaired) electrons. The van der Waals surface area contributed by atoms with Gasteiger partial charge in [0.25, 0.3) is 0 Å². The Balaban J connectivity index is 1.53. The summed E-state index contributed by atoms with van der Waals surface area (Å²) in [5.41, 5.74) is 1.03. The van der Waals surface area contributed by atoms with Crippen LogP contribution in [0.2, 0.25) is 0 Å². The maximum Gasteiger partial charge on any atom is 0.171 e. The van der Waals surface area contributed by atoms with Crippen LogP contribution in [0.15, 0.2) is 18.2 Å². The van der Waals surface area contributed by atoms with E-state index in [0.29, 0.717) is 19.8 Å².